The van der Waals surface area contributed by atoms with Crippen molar-refractivity contribution < 1.29 is 27.1 Å². The molecule has 0 aliphatic heterocycles. The maximum absolute atomic E-state index is 13.7. The number of nitrogens with zero attached hydrogens (tertiary/aromatic N) is 1. The minimum atomic E-state index is -4.66. The van der Waals surface area contributed by atoms with Gasteiger partial charge >= 0.3 is 6.18 Å². The van der Waals surface area contributed by atoms with Crippen LogP contribution >= 0.6 is 11.6 Å². The van der Waals surface area contributed by atoms with Gasteiger partial charge in [0, 0.05) is 17.1 Å². The molecule has 1 aromatic heterocycles. The van der Waals surface area contributed by atoms with Crippen molar-refractivity contribution in [3.05, 3.63) is 87.8 Å². The van der Waals surface area contributed by atoms with E-state index in [4.69, 9.17) is 22.1 Å². The maximum atomic E-state index is 13.7. The summed E-state index contributed by atoms with van der Waals surface area (Å²) in [7, 11) is 0. The molecule has 0 aliphatic carbocycles. The number of aromatic nitrogens is 1. The summed E-state index contributed by atoms with van der Waals surface area (Å²) in [5.41, 5.74) is 5.63. The molecule has 0 bridgehead atoms. The van der Waals surface area contributed by atoms with Gasteiger partial charge in [0.05, 0.1) is 11.6 Å². The lowest BCUT2D eigenvalue weighted by atomic mass is 9.99. The fraction of sp³-hybridized carbons (Fsp3) is 0.217. The van der Waals surface area contributed by atoms with Crippen LogP contribution in [0.1, 0.15) is 35.2 Å². The molecule has 0 saturated carbocycles. The normalized spacial score (nSPS) is 12.3. The summed E-state index contributed by atoms with van der Waals surface area (Å²) >= 11 is 5.84. The molecule has 1 atom stereocenters. The number of carbonyl (C=O) groups is 1. The number of hydrogen-bond donors (Lipinski definition) is 2. The Labute approximate surface area is 192 Å². The summed E-state index contributed by atoms with van der Waals surface area (Å²) < 4.78 is 58.6. The van der Waals surface area contributed by atoms with E-state index < -0.39 is 29.5 Å². The van der Waals surface area contributed by atoms with Crippen LogP contribution in [-0.2, 0) is 24.1 Å². The average Bonchev–Trinajstić information content (AvgIpc) is 2.78. The molecule has 0 radical (unpaired) electrons. The standard InChI is InChI=1S/C23H20ClF4N3O2/c1-13(15-4-8-19(29)18(25)10-15)21(32)30-11-16-5-9-20(23(26,27)28)31-22(16)33-12-14-2-6-17(24)7-3-14/h2-10,13H,11-12,29H2,1H3,(H,30,32). The summed E-state index contributed by atoms with van der Waals surface area (Å²) in [4.78, 5) is 16.1. The van der Waals surface area contributed by atoms with E-state index in [-0.39, 0.29) is 30.3 Å². The first-order valence-corrected chi connectivity index (χ1v) is 10.2. The van der Waals surface area contributed by atoms with E-state index in [2.05, 4.69) is 10.3 Å². The van der Waals surface area contributed by atoms with E-state index in [0.29, 0.717) is 16.1 Å². The summed E-state index contributed by atoms with van der Waals surface area (Å²) in [6.45, 7) is 1.39. The number of benzene rings is 2. The van der Waals surface area contributed by atoms with Crippen LogP contribution in [0.2, 0.25) is 5.02 Å². The highest BCUT2D eigenvalue weighted by Gasteiger charge is 2.33. The third kappa shape index (κ3) is 6.35. The summed E-state index contributed by atoms with van der Waals surface area (Å²) in [6.07, 6.45) is -4.66. The molecule has 0 saturated heterocycles. The number of pyridine rings is 1. The van der Waals surface area contributed by atoms with E-state index >= 15 is 0 Å². The summed E-state index contributed by atoms with van der Waals surface area (Å²) in [5.74, 6) is -2.08. The molecule has 0 spiro atoms. The Hall–Kier alpha value is -3.33. The zero-order valence-corrected chi connectivity index (χ0v) is 18.2. The SMILES string of the molecule is CC(C(=O)NCc1ccc(C(F)(F)F)nc1OCc1ccc(Cl)cc1)c1ccc(N)c(F)c1. The number of nitrogens with one attached hydrogen (secondary N) is 1. The van der Waals surface area contributed by atoms with Crippen molar-refractivity contribution in [3.63, 3.8) is 0 Å². The van der Waals surface area contributed by atoms with Gasteiger partial charge in [-0.1, -0.05) is 29.8 Å². The largest absolute Gasteiger partial charge is 0.473 e. The van der Waals surface area contributed by atoms with E-state index in [9.17, 15) is 22.4 Å². The van der Waals surface area contributed by atoms with Crippen LogP contribution in [0.25, 0.3) is 0 Å². The molecule has 3 aromatic rings. The first kappa shape index (κ1) is 24.3. The van der Waals surface area contributed by atoms with Crippen LogP contribution < -0.4 is 15.8 Å². The lowest BCUT2D eigenvalue weighted by Gasteiger charge is -2.16. The molecule has 2 aromatic carbocycles. The molecule has 3 rings (SSSR count). The molecular weight excluding hydrogens is 462 g/mol. The fourth-order valence-corrected chi connectivity index (χ4v) is 3.04. The van der Waals surface area contributed by atoms with Gasteiger partial charge in [0.25, 0.3) is 0 Å². The van der Waals surface area contributed by atoms with Gasteiger partial charge in [-0.2, -0.15) is 13.2 Å². The molecular formula is C23H20ClF4N3O2. The lowest BCUT2D eigenvalue weighted by molar-refractivity contribution is -0.141. The second kappa shape index (κ2) is 10.1. The van der Waals surface area contributed by atoms with Crippen LogP contribution in [0, 0.1) is 5.82 Å². The van der Waals surface area contributed by atoms with Gasteiger partial charge in [-0.15, -0.1) is 0 Å². The zero-order valence-electron chi connectivity index (χ0n) is 17.4. The smallest absolute Gasteiger partial charge is 0.433 e. The summed E-state index contributed by atoms with van der Waals surface area (Å²) in [5, 5.41) is 3.13. The molecule has 1 heterocycles. The van der Waals surface area contributed by atoms with Crippen LogP contribution in [0.3, 0.4) is 0 Å². The van der Waals surface area contributed by atoms with E-state index in [1.807, 2.05) is 0 Å². The highest BCUT2D eigenvalue weighted by atomic mass is 35.5. The zero-order chi connectivity index (χ0) is 24.2. The van der Waals surface area contributed by atoms with Crippen molar-refractivity contribution in [2.45, 2.75) is 32.2 Å². The first-order valence-electron chi connectivity index (χ1n) is 9.81. The van der Waals surface area contributed by atoms with Gasteiger partial charge in [0.15, 0.2) is 0 Å². The Balaban J connectivity index is 1.75. The number of carbonyl (C=O) groups excluding carboxylic acids is 1. The molecule has 1 amide bonds. The number of halogens is 5. The van der Waals surface area contributed by atoms with Crippen molar-refractivity contribution in [1.82, 2.24) is 10.3 Å². The van der Waals surface area contributed by atoms with Gasteiger partial charge < -0.3 is 15.8 Å². The highest BCUT2D eigenvalue weighted by molar-refractivity contribution is 6.30. The minimum absolute atomic E-state index is 0.0373. The molecule has 33 heavy (non-hydrogen) atoms. The number of alkyl halides is 3. The number of ether oxygens (including phenoxy) is 1. The number of rotatable bonds is 7. The molecule has 1 unspecified atom stereocenters. The summed E-state index contributed by atoms with van der Waals surface area (Å²) in [6, 6.07) is 12.7. The van der Waals surface area contributed by atoms with Gasteiger partial charge in [0.2, 0.25) is 11.8 Å². The Morgan fingerprint density at radius 1 is 1.15 bits per heavy atom. The highest BCUT2D eigenvalue weighted by Crippen LogP contribution is 2.30. The van der Waals surface area contributed by atoms with Gasteiger partial charge in [-0.25, -0.2) is 9.37 Å². The Morgan fingerprint density at radius 3 is 2.48 bits per heavy atom. The lowest BCUT2D eigenvalue weighted by Crippen LogP contribution is -2.28. The van der Waals surface area contributed by atoms with E-state index in [0.717, 1.165) is 6.07 Å². The molecule has 5 nitrogen and oxygen atoms in total. The van der Waals surface area contributed by atoms with E-state index in [1.165, 1.54) is 24.3 Å². The van der Waals surface area contributed by atoms with Crippen LogP contribution in [0.4, 0.5) is 23.2 Å². The molecule has 174 valence electrons. The topological polar surface area (TPSA) is 77.2 Å². The number of amides is 1. The first-order chi connectivity index (χ1) is 15.5. The van der Waals surface area contributed by atoms with E-state index in [1.54, 1.807) is 31.2 Å². The van der Waals surface area contributed by atoms with Crippen molar-refractivity contribution >= 4 is 23.2 Å². The Bertz CT molecular complexity index is 1140. The van der Waals surface area contributed by atoms with Crippen molar-refractivity contribution in [2.75, 3.05) is 5.73 Å². The van der Waals surface area contributed by atoms with Crippen molar-refractivity contribution in [2.24, 2.45) is 0 Å². The number of nitrogen functional groups attached to an aromatic ring is 1. The minimum Gasteiger partial charge on any atom is -0.473 e. The fourth-order valence-electron chi connectivity index (χ4n) is 2.92. The molecule has 3 N–H and O–H groups in total. The Kier molecular flexibility index (Phi) is 7.43. The predicted molar refractivity (Wildman–Crippen MR) is 116 cm³/mol. The third-order valence-corrected chi connectivity index (χ3v) is 5.14. The van der Waals surface area contributed by atoms with Crippen LogP contribution in [0.5, 0.6) is 5.88 Å². The molecule has 0 fully saturated rings. The Morgan fingerprint density at radius 2 is 1.85 bits per heavy atom. The number of nitrogens with two attached hydrogens (primary N) is 1. The van der Waals surface area contributed by atoms with Crippen molar-refractivity contribution in [1.29, 1.82) is 0 Å². The third-order valence-electron chi connectivity index (χ3n) is 4.89. The number of hydrogen-bond acceptors (Lipinski definition) is 4. The van der Waals surface area contributed by atoms with Crippen LogP contribution in [0.15, 0.2) is 54.6 Å². The monoisotopic (exact) mass is 481 g/mol. The molecule has 0 aliphatic rings. The predicted octanol–water partition coefficient (Wildman–Crippen LogP) is 5.47. The average molecular weight is 482 g/mol. The quantitative estimate of drug-likeness (QED) is 0.346. The second-order valence-electron chi connectivity index (χ2n) is 7.29. The van der Waals surface area contributed by atoms with Crippen LogP contribution in [-0.4, -0.2) is 10.9 Å². The van der Waals surface area contributed by atoms with Gasteiger partial charge in [-0.3, -0.25) is 4.79 Å². The van der Waals surface area contributed by atoms with Crippen molar-refractivity contribution in [3.8, 4) is 5.88 Å². The van der Waals surface area contributed by atoms with Gasteiger partial charge in [0.1, 0.15) is 18.1 Å². The number of anilines is 1. The molecule has 10 heteroatoms. The maximum Gasteiger partial charge on any atom is 0.433 e. The van der Waals surface area contributed by atoms with Gasteiger partial charge in [-0.05, 0) is 54.4 Å². The second-order valence-corrected chi connectivity index (χ2v) is 7.73.